The fourth-order valence-electron chi connectivity index (χ4n) is 1.47. The number of nitrogens with zero attached hydrogens (tertiary/aromatic N) is 2. The number of hydrogen-bond acceptors (Lipinski definition) is 4. The van der Waals surface area contributed by atoms with Crippen LogP contribution in [0.4, 0.5) is 0 Å². The van der Waals surface area contributed by atoms with Crippen molar-refractivity contribution in [2.24, 2.45) is 0 Å². The first-order chi connectivity index (χ1) is 8.58. The average molecular weight is 247 g/mol. The van der Waals surface area contributed by atoms with Crippen LogP contribution in [0.2, 0.25) is 0 Å². The van der Waals surface area contributed by atoms with Crippen LogP contribution >= 0.6 is 0 Å². The molecule has 0 aliphatic rings. The number of carbonyl (C=O) groups is 1. The second kappa shape index (κ2) is 4.87. The summed E-state index contributed by atoms with van der Waals surface area (Å²) in [6, 6.07) is 4.62. The van der Waals surface area contributed by atoms with Gasteiger partial charge in [0.1, 0.15) is 0 Å². The molecule has 6 nitrogen and oxygen atoms in total. The van der Waals surface area contributed by atoms with E-state index in [0.717, 1.165) is 5.69 Å². The molecule has 0 fully saturated rings. The van der Waals surface area contributed by atoms with Crippen molar-refractivity contribution in [3.63, 3.8) is 0 Å². The van der Waals surface area contributed by atoms with Crippen molar-refractivity contribution in [2.75, 3.05) is 0 Å². The third kappa shape index (κ3) is 2.65. The minimum atomic E-state index is -1.00. The standard InChI is InChI=1S/C12H13N3O3/c1-3-9-5-8(12(16)17)6-10(13-9)18-11-4-7(2)14-15-11/h4-6H,3H2,1-2H3,(H,14,15)(H,16,17). The number of nitrogens with one attached hydrogen (secondary N) is 1. The molecule has 0 radical (unpaired) electrons. The van der Waals surface area contributed by atoms with E-state index in [4.69, 9.17) is 9.84 Å². The SMILES string of the molecule is CCc1cc(C(=O)O)cc(Oc2cc(C)[nH]n2)n1. The van der Waals surface area contributed by atoms with E-state index in [1.54, 1.807) is 6.07 Å². The second-order valence-electron chi connectivity index (χ2n) is 3.84. The van der Waals surface area contributed by atoms with Gasteiger partial charge in [0.25, 0.3) is 0 Å². The minimum absolute atomic E-state index is 0.157. The number of aryl methyl sites for hydroxylation is 2. The number of rotatable bonds is 4. The lowest BCUT2D eigenvalue weighted by Gasteiger charge is -2.05. The van der Waals surface area contributed by atoms with Crippen molar-refractivity contribution in [3.8, 4) is 11.8 Å². The predicted octanol–water partition coefficient (Wildman–Crippen LogP) is 2.17. The second-order valence-corrected chi connectivity index (χ2v) is 3.84. The topological polar surface area (TPSA) is 88.1 Å². The molecule has 2 aromatic heterocycles. The smallest absolute Gasteiger partial charge is 0.335 e. The number of pyridine rings is 1. The molecule has 2 aromatic rings. The number of aromatic nitrogens is 3. The maximum atomic E-state index is 11.0. The molecule has 0 saturated carbocycles. The Morgan fingerprint density at radius 1 is 1.39 bits per heavy atom. The molecule has 0 aliphatic heterocycles. The summed E-state index contributed by atoms with van der Waals surface area (Å²) in [7, 11) is 0. The highest BCUT2D eigenvalue weighted by molar-refractivity contribution is 5.88. The van der Waals surface area contributed by atoms with E-state index in [1.807, 2.05) is 13.8 Å². The number of aromatic amines is 1. The zero-order valence-corrected chi connectivity index (χ0v) is 10.1. The van der Waals surface area contributed by atoms with Gasteiger partial charge in [0.15, 0.2) is 0 Å². The Morgan fingerprint density at radius 3 is 2.72 bits per heavy atom. The van der Waals surface area contributed by atoms with Crippen LogP contribution in [-0.2, 0) is 6.42 Å². The normalized spacial score (nSPS) is 10.3. The monoisotopic (exact) mass is 247 g/mol. The van der Waals surface area contributed by atoms with Crippen LogP contribution in [0.1, 0.15) is 28.7 Å². The predicted molar refractivity (Wildman–Crippen MR) is 64.0 cm³/mol. The lowest BCUT2D eigenvalue weighted by atomic mass is 10.2. The van der Waals surface area contributed by atoms with E-state index in [2.05, 4.69) is 15.2 Å². The third-order valence-electron chi connectivity index (χ3n) is 2.36. The first kappa shape index (κ1) is 12.1. The van der Waals surface area contributed by atoms with Crippen molar-refractivity contribution in [2.45, 2.75) is 20.3 Å². The number of H-pyrrole nitrogens is 1. The first-order valence-corrected chi connectivity index (χ1v) is 5.52. The van der Waals surface area contributed by atoms with Crippen LogP contribution in [-0.4, -0.2) is 26.3 Å². The summed E-state index contributed by atoms with van der Waals surface area (Å²) in [6.07, 6.45) is 0.636. The molecule has 2 N–H and O–H groups in total. The Hall–Kier alpha value is -2.37. The van der Waals surface area contributed by atoms with Gasteiger partial charge >= 0.3 is 5.97 Å². The van der Waals surface area contributed by atoms with Gasteiger partial charge in [-0.3, -0.25) is 5.10 Å². The zero-order chi connectivity index (χ0) is 13.1. The molecule has 0 spiro atoms. The van der Waals surface area contributed by atoms with Crippen molar-refractivity contribution in [1.29, 1.82) is 0 Å². The quantitative estimate of drug-likeness (QED) is 0.864. The molecule has 6 heteroatoms. The van der Waals surface area contributed by atoms with Gasteiger partial charge in [-0.15, -0.1) is 5.10 Å². The summed E-state index contributed by atoms with van der Waals surface area (Å²) in [5.74, 6) is -0.405. The summed E-state index contributed by atoms with van der Waals surface area (Å²) in [5, 5.41) is 15.6. The van der Waals surface area contributed by atoms with Crippen LogP contribution in [0, 0.1) is 6.92 Å². The lowest BCUT2D eigenvalue weighted by molar-refractivity contribution is 0.0696. The molecule has 2 rings (SSSR count). The fraction of sp³-hybridized carbons (Fsp3) is 0.250. The van der Waals surface area contributed by atoms with E-state index in [0.29, 0.717) is 18.0 Å². The van der Waals surface area contributed by atoms with Gasteiger partial charge < -0.3 is 9.84 Å². The van der Waals surface area contributed by atoms with Crippen LogP contribution < -0.4 is 4.74 Å². The molecule has 2 heterocycles. The van der Waals surface area contributed by atoms with Gasteiger partial charge in [0.2, 0.25) is 11.8 Å². The molecule has 18 heavy (non-hydrogen) atoms. The number of carboxylic acids is 1. The number of aromatic carboxylic acids is 1. The number of carboxylic acid groups (broad SMARTS) is 1. The third-order valence-corrected chi connectivity index (χ3v) is 2.36. The van der Waals surface area contributed by atoms with Gasteiger partial charge in [-0.2, -0.15) is 0 Å². The van der Waals surface area contributed by atoms with Crippen LogP contribution in [0.25, 0.3) is 0 Å². The minimum Gasteiger partial charge on any atom is -0.478 e. The van der Waals surface area contributed by atoms with Gasteiger partial charge in [-0.05, 0) is 19.4 Å². The van der Waals surface area contributed by atoms with Crippen LogP contribution in [0.3, 0.4) is 0 Å². The van der Waals surface area contributed by atoms with Crippen molar-refractivity contribution < 1.29 is 14.6 Å². The van der Waals surface area contributed by atoms with E-state index in [9.17, 15) is 4.79 Å². The maximum Gasteiger partial charge on any atom is 0.335 e. The molecular formula is C12H13N3O3. The first-order valence-electron chi connectivity index (χ1n) is 5.52. The van der Waals surface area contributed by atoms with Gasteiger partial charge in [-0.1, -0.05) is 6.92 Å². The Morgan fingerprint density at radius 2 is 2.17 bits per heavy atom. The summed E-state index contributed by atoms with van der Waals surface area (Å²) >= 11 is 0. The zero-order valence-electron chi connectivity index (χ0n) is 10.1. The van der Waals surface area contributed by atoms with E-state index in [-0.39, 0.29) is 11.4 Å². The molecule has 0 saturated heterocycles. The molecule has 0 aliphatic carbocycles. The van der Waals surface area contributed by atoms with E-state index >= 15 is 0 Å². The van der Waals surface area contributed by atoms with E-state index in [1.165, 1.54) is 12.1 Å². The molecule has 0 aromatic carbocycles. The van der Waals surface area contributed by atoms with Gasteiger partial charge in [-0.25, -0.2) is 9.78 Å². The Balaban J connectivity index is 2.32. The van der Waals surface area contributed by atoms with Gasteiger partial charge in [0.05, 0.1) is 5.56 Å². The summed E-state index contributed by atoms with van der Waals surface area (Å²) in [6.45, 7) is 3.74. The highest BCUT2D eigenvalue weighted by atomic mass is 16.5. The Bertz CT molecular complexity index is 578. The van der Waals surface area contributed by atoms with Crippen LogP contribution in [0.15, 0.2) is 18.2 Å². The molecule has 0 amide bonds. The average Bonchev–Trinajstić information content (AvgIpc) is 2.74. The molecule has 0 unspecified atom stereocenters. The van der Waals surface area contributed by atoms with Gasteiger partial charge in [0, 0.05) is 23.5 Å². The Kier molecular flexibility index (Phi) is 3.27. The van der Waals surface area contributed by atoms with Crippen molar-refractivity contribution in [1.82, 2.24) is 15.2 Å². The maximum absolute atomic E-state index is 11.0. The molecule has 0 bridgehead atoms. The summed E-state index contributed by atoms with van der Waals surface area (Å²) in [4.78, 5) is 15.2. The number of ether oxygens (including phenoxy) is 1. The van der Waals surface area contributed by atoms with Crippen LogP contribution in [0.5, 0.6) is 11.8 Å². The highest BCUT2D eigenvalue weighted by Gasteiger charge is 2.10. The number of hydrogen-bond donors (Lipinski definition) is 2. The fourth-order valence-corrected chi connectivity index (χ4v) is 1.47. The van der Waals surface area contributed by atoms with Crippen molar-refractivity contribution in [3.05, 3.63) is 35.2 Å². The lowest BCUT2D eigenvalue weighted by Crippen LogP contribution is -2.01. The molecule has 94 valence electrons. The van der Waals surface area contributed by atoms with E-state index < -0.39 is 5.97 Å². The van der Waals surface area contributed by atoms with Crippen molar-refractivity contribution >= 4 is 5.97 Å². The summed E-state index contributed by atoms with van der Waals surface area (Å²) < 4.78 is 5.42. The molecule has 0 atom stereocenters. The summed E-state index contributed by atoms with van der Waals surface area (Å²) in [5.41, 5.74) is 1.68. The largest absolute Gasteiger partial charge is 0.478 e. The molecular weight excluding hydrogens is 234 g/mol. The highest BCUT2D eigenvalue weighted by Crippen LogP contribution is 2.20. The Labute approximate surface area is 104 Å².